The lowest BCUT2D eigenvalue weighted by molar-refractivity contribution is 0.675. The Morgan fingerprint density at radius 1 is 1.27 bits per heavy atom. The molecular formula is C11H13N3S. The van der Waals surface area contributed by atoms with Crippen molar-refractivity contribution >= 4 is 11.5 Å². The fourth-order valence-electron chi connectivity index (χ4n) is 1.39. The Balaban J connectivity index is 1.86. The molecule has 1 heterocycles. The Kier molecular flexibility index (Phi) is 3.42. The standard InChI is InChI=1S/C11H13N3S/c1-9-4-2-3-5-10(9)6-12-7-11-8-15-14-13-11/h2-5,8,12H,6-7H2,1H3. The smallest absolute Gasteiger partial charge is 0.0893 e. The van der Waals surface area contributed by atoms with Gasteiger partial charge in [-0.3, -0.25) is 0 Å². The Hall–Kier alpha value is -1.26. The number of nitrogens with zero attached hydrogens (tertiary/aromatic N) is 2. The average molecular weight is 219 g/mol. The SMILES string of the molecule is Cc1ccccc1CNCc1csnn1. The fourth-order valence-corrected chi connectivity index (χ4v) is 1.85. The van der Waals surface area contributed by atoms with Crippen LogP contribution < -0.4 is 5.32 Å². The Morgan fingerprint density at radius 2 is 2.13 bits per heavy atom. The zero-order valence-corrected chi connectivity index (χ0v) is 9.42. The molecule has 1 aromatic heterocycles. The molecule has 4 heteroatoms. The van der Waals surface area contributed by atoms with Gasteiger partial charge in [0.1, 0.15) is 0 Å². The third-order valence-corrected chi connectivity index (χ3v) is 2.84. The van der Waals surface area contributed by atoms with E-state index in [0.29, 0.717) is 0 Å². The van der Waals surface area contributed by atoms with Crippen LogP contribution in [-0.4, -0.2) is 9.59 Å². The molecule has 0 aliphatic carbocycles. The summed E-state index contributed by atoms with van der Waals surface area (Å²) in [5.41, 5.74) is 3.66. The van der Waals surface area contributed by atoms with Crippen LogP contribution in [0.25, 0.3) is 0 Å². The second-order valence-corrected chi connectivity index (χ2v) is 4.04. The van der Waals surface area contributed by atoms with E-state index in [1.165, 1.54) is 22.7 Å². The molecule has 0 radical (unpaired) electrons. The molecule has 78 valence electrons. The average Bonchev–Trinajstić information content (AvgIpc) is 2.74. The van der Waals surface area contributed by atoms with Crippen LogP contribution in [0.1, 0.15) is 16.8 Å². The fraction of sp³-hybridized carbons (Fsp3) is 0.273. The molecule has 0 unspecified atom stereocenters. The third kappa shape index (κ3) is 2.84. The highest BCUT2D eigenvalue weighted by Crippen LogP contribution is 2.06. The van der Waals surface area contributed by atoms with Crippen LogP contribution in [0.15, 0.2) is 29.6 Å². The van der Waals surface area contributed by atoms with Gasteiger partial charge in [-0.05, 0) is 29.6 Å². The first-order valence-corrected chi connectivity index (χ1v) is 5.71. The van der Waals surface area contributed by atoms with Crippen LogP contribution >= 0.6 is 11.5 Å². The van der Waals surface area contributed by atoms with Crippen LogP contribution in [0.2, 0.25) is 0 Å². The van der Waals surface area contributed by atoms with E-state index < -0.39 is 0 Å². The lowest BCUT2D eigenvalue weighted by atomic mass is 10.1. The molecular weight excluding hydrogens is 206 g/mol. The van der Waals surface area contributed by atoms with Crippen molar-refractivity contribution in [3.63, 3.8) is 0 Å². The molecule has 3 nitrogen and oxygen atoms in total. The third-order valence-electron chi connectivity index (χ3n) is 2.29. The minimum atomic E-state index is 0.783. The first kappa shape index (κ1) is 10.3. The molecule has 0 saturated carbocycles. The summed E-state index contributed by atoms with van der Waals surface area (Å²) in [6.45, 7) is 3.79. The van der Waals surface area contributed by atoms with Gasteiger partial charge >= 0.3 is 0 Å². The predicted molar refractivity (Wildman–Crippen MR) is 61.6 cm³/mol. The van der Waals surface area contributed by atoms with Gasteiger partial charge in [0, 0.05) is 18.5 Å². The van der Waals surface area contributed by atoms with E-state index in [2.05, 4.69) is 46.1 Å². The number of nitrogens with one attached hydrogen (secondary N) is 1. The summed E-state index contributed by atoms with van der Waals surface area (Å²) in [5.74, 6) is 0. The highest BCUT2D eigenvalue weighted by Gasteiger charge is 1.98. The largest absolute Gasteiger partial charge is 0.307 e. The maximum Gasteiger partial charge on any atom is 0.0893 e. The molecule has 1 N–H and O–H groups in total. The van der Waals surface area contributed by atoms with Crippen molar-refractivity contribution in [3.8, 4) is 0 Å². The van der Waals surface area contributed by atoms with Gasteiger partial charge in [0.25, 0.3) is 0 Å². The van der Waals surface area contributed by atoms with Crippen LogP contribution in [-0.2, 0) is 13.1 Å². The van der Waals surface area contributed by atoms with Crippen molar-refractivity contribution in [2.75, 3.05) is 0 Å². The Bertz CT molecular complexity index is 412. The van der Waals surface area contributed by atoms with Gasteiger partial charge in [0.15, 0.2) is 0 Å². The number of hydrogen-bond donors (Lipinski definition) is 1. The van der Waals surface area contributed by atoms with Crippen molar-refractivity contribution in [3.05, 3.63) is 46.5 Å². The van der Waals surface area contributed by atoms with Gasteiger partial charge in [-0.15, -0.1) is 5.10 Å². The van der Waals surface area contributed by atoms with Crippen molar-refractivity contribution in [2.45, 2.75) is 20.0 Å². The normalized spacial score (nSPS) is 10.5. The quantitative estimate of drug-likeness (QED) is 0.856. The summed E-state index contributed by atoms with van der Waals surface area (Å²) in [5, 5.41) is 9.29. The van der Waals surface area contributed by atoms with E-state index in [4.69, 9.17) is 0 Å². The van der Waals surface area contributed by atoms with Gasteiger partial charge in [-0.25, -0.2) is 0 Å². The van der Waals surface area contributed by atoms with E-state index in [0.717, 1.165) is 18.8 Å². The molecule has 0 aliphatic heterocycles. The van der Waals surface area contributed by atoms with Crippen molar-refractivity contribution in [1.82, 2.24) is 14.9 Å². The summed E-state index contributed by atoms with van der Waals surface area (Å²) in [4.78, 5) is 0. The monoisotopic (exact) mass is 219 g/mol. The number of hydrogen-bond acceptors (Lipinski definition) is 4. The van der Waals surface area contributed by atoms with Crippen LogP contribution in [0.4, 0.5) is 0 Å². The predicted octanol–water partition coefficient (Wildman–Crippen LogP) is 2.14. The van der Waals surface area contributed by atoms with Gasteiger partial charge in [0.2, 0.25) is 0 Å². The lowest BCUT2D eigenvalue weighted by Gasteiger charge is -2.05. The van der Waals surface area contributed by atoms with Gasteiger partial charge in [0.05, 0.1) is 5.69 Å². The molecule has 0 aliphatic rings. The molecule has 2 aromatic rings. The van der Waals surface area contributed by atoms with E-state index >= 15 is 0 Å². The molecule has 0 spiro atoms. The summed E-state index contributed by atoms with van der Waals surface area (Å²) in [6, 6.07) is 8.39. The molecule has 2 rings (SSSR count). The van der Waals surface area contributed by atoms with Gasteiger partial charge in [-0.2, -0.15) is 0 Å². The number of aryl methyl sites for hydroxylation is 1. The minimum absolute atomic E-state index is 0.783. The van der Waals surface area contributed by atoms with Gasteiger partial charge in [-0.1, -0.05) is 28.8 Å². The second kappa shape index (κ2) is 5.00. The molecule has 15 heavy (non-hydrogen) atoms. The highest BCUT2D eigenvalue weighted by molar-refractivity contribution is 7.03. The van der Waals surface area contributed by atoms with Crippen molar-refractivity contribution in [2.24, 2.45) is 0 Å². The number of rotatable bonds is 4. The first-order valence-electron chi connectivity index (χ1n) is 4.87. The van der Waals surface area contributed by atoms with E-state index in [1.807, 2.05) is 5.38 Å². The Labute approximate surface area is 93.3 Å². The molecule has 1 aromatic carbocycles. The van der Waals surface area contributed by atoms with Crippen molar-refractivity contribution < 1.29 is 0 Å². The number of benzene rings is 1. The minimum Gasteiger partial charge on any atom is -0.307 e. The van der Waals surface area contributed by atoms with Gasteiger partial charge < -0.3 is 5.32 Å². The topological polar surface area (TPSA) is 37.8 Å². The molecule has 0 saturated heterocycles. The highest BCUT2D eigenvalue weighted by atomic mass is 32.1. The molecule has 0 bridgehead atoms. The zero-order valence-electron chi connectivity index (χ0n) is 8.60. The summed E-state index contributed by atoms with van der Waals surface area (Å²) >= 11 is 1.39. The maximum atomic E-state index is 3.98. The van der Waals surface area contributed by atoms with Crippen LogP contribution in [0.3, 0.4) is 0 Å². The second-order valence-electron chi connectivity index (χ2n) is 3.43. The molecule has 0 atom stereocenters. The summed E-state index contributed by atoms with van der Waals surface area (Å²) < 4.78 is 3.82. The van der Waals surface area contributed by atoms with Crippen LogP contribution in [0.5, 0.6) is 0 Å². The number of aromatic nitrogens is 2. The van der Waals surface area contributed by atoms with Crippen molar-refractivity contribution in [1.29, 1.82) is 0 Å². The molecule has 0 fully saturated rings. The van der Waals surface area contributed by atoms with E-state index in [-0.39, 0.29) is 0 Å². The lowest BCUT2D eigenvalue weighted by Crippen LogP contribution is -2.13. The van der Waals surface area contributed by atoms with Crippen LogP contribution in [0, 0.1) is 6.92 Å². The maximum absolute atomic E-state index is 3.98. The Morgan fingerprint density at radius 3 is 2.87 bits per heavy atom. The zero-order chi connectivity index (χ0) is 10.5. The summed E-state index contributed by atoms with van der Waals surface area (Å²) in [6.07, 6.45) is 0. The van der Waals surface area contributed by atoms with E-state index in [1.54, 1.807) is 0 Å². The van der Waals surface area contributed by atoms with E-state index in [9.17, 15) is 0 Å². The first-order chi connectivity index (χ1) is 7.36. The molecule has 0 amide bonds. The summed E-state index contributed by atoms with van der Waals surface area (Å²) in [7, 11) is 0.